The number of ether oxygens (including phenoxy) is 1. The maximum atomic E-state index is 14.1. The van der Waals surface area contributed by atoms with Crippen LogP contribution in [0.4, 0.5) is 11.4 Å². The molecule has 7 N–H and O–H groups in total. The first-order valence-electron chi connectivity index (χ1n) is 18.8. The van der Waals surface area contributed by atoms with Gasteiger partial charge in [-0.25, -0.2) is 8.42 Å². The molecule has 6 aromatic rings. The minimum absolute atomic E-state index is 0.0389. The standard InChI is InChI=1S/C43H46N6O8S/c1-26-20-31(23-34-39(26)46-24-35(42(44)53)40(34)47-28-11-9-12-29(22-28)57-3)58(55,56)30-13-8-10-27(21-30)43(54)49(2)19-7-5-4-6-18-45-25-37(51)32-14-16-36(50)41-33(32)15-17-38(52)48-41/h8-17,20-24,37,45,50-51H,4-7,18-19,25H2,1-3H3,(H2,44,53)(H,46,47)(H,48,52)/t37-/m0/s1. The number of carbonyl (C=O) groups excluding carboxylic acids is 2. The first-order chi connectivity index (χ1) is 27.8. The normalized spacial score (nSPS) is 12.1. The van der Waals surface area contributed by atoms with E-state index < -0.39 is 21.8 Å². The molecule has 1 atom stereocenters. The number of aromatic hydroxyl groups is 1. The molecule has 2 amide bonds. The number of aliphatic hydroxyl groups excluding tert-OH is 1. The van der Waals surface area contributed by atoms with Gasteiger partial charge in [0, 0.05) is 60.5 Å². The fourth-order valence-electron chi connectivity index (χ4n) is 6.87. The summed E-state index contributed by atoms with van der Waals surface area (Å²) in [4.78, 5) is 46.2. The topological polar surface area (TPSA) is 217 Å². The van der Waals surface area contributed by atoms with E-state index in [2.05, 4.69) is 20.6 Å². The van der Waals surface area contributed by atoms with Gasteiger partial charge in [0.1, 0.15) is 11.5 Å². The van der Waals surface area contributed by atoms with Crippen LogP contribution < -0.4 is 26.7 Å². The van der Waals surface area contributed by atoms with Crippen molar-refractivity contribution >= 4 is 54.8 Å². The van der Waals surface area contributed by atoms with Crippen LogP contribution >= 0.6 is 0 Å². The Kier molecular flexibility index (Phi) is 12.7. The first-order valence-corrected chi connectivity index (χ1v) is 20.3. The van der Waals surface area contributed by atoms with Gasteiger partial charge in [-0.3, -0.25) is 19.4 Å². The van der Waals surface area contributed by atoms with Gasteiger partial charge in [0.05, 0.1) is 45.3 Å². The number of aryl methyl sites for hydroxylation is 1. The molecule has 2 aromatic heterocycles. The number of nitrogens with one attached hydrogen (secondary N) is 3. The molecule has 0 radical (unpaired) electrons. The number of sulfone groups is 1. The number of aromatic nitrogens is 2. The Morgan fingerprint density at radius 1 is 0.948 bits per heavy atom. The highest BCUT2D eigenvalue weighted by Crippen LogP contribution is 2.35. The predicted octanol–water partition coefficient (Wildman–Crippen LogP) is 5.73. The van der Waals surface area contributed by atoms with E-state index in [9.17, 15) is 33.0 Å². The number of nitrogens with two attached hydrogens (primary N) is 1. The van der Waals surface area contributed by atoms with Crippen molar-refractivity contribution in [1.29, 1.82) is 0 Å². The largest absolute Gasteiger partial charge is 0.506 e. The number of aliphatic hydroxyl groups is 1. The van der Waals surface area contributed by atoms with Gasteiger partial charge in [0.2, 0.25) is 15.4 Å². The SMILES string of the molecule is COc1cccc(Nc2c(C(N)=O)cnc3c(C)cc(S(=O)(=O)c4cccc(C(=O)N(C)CCCCCCNC[C@H](O)c5ccc(O)c6[nH]c(=O)ccc56)c4)cc23)c1. The van der Waals surface area contributed by atoms with Crippen molar-refractivity contribution in [3.8, 4) is 11.5 Å². The molecule has 0 saturated carbocycles. The van der Waals surface area contributed by atoms with Crippen LogP contribution in [0.25, 0.3) is 21.8 Å². The highest BCUT2D eigenvalue weighted by Gasteiger charge is 2.24. The monoisotopic (exact) mass is 806 g/mol. The van der Waals surface area contributed by atoms with Crippen molar-refractivity contribution in [3.63, 3.8) is 0 Å². The van der Waals surface area contributed by atoms with Crippen LogP contribution in [0.3, 0.4) is 0 Å². The second-order valence-electron chi connectivity index (χ2n) is 14.1. The fraction of sp³-hybridized carbons (Fsp3) is 0.256. The zero-order valence-electron chi connectivity index (χ0n) is 32.4. The van der Waals surface area contributed by atoms with Crippen LogP contribution in [0.15, 0.2) is 106 Å². The zero-order chi connectivity index (χ0) is 41.6. The third-order valence-corrected chi connectivity index (χ3v) is 11.7. The molecule has 0 aliphatic carbocycles. The third-order valence-electron chi connectivity index (χ3n) is 9.99. The van der Waals surface area contributed by atoms with Gasteiger partial charge in [-0.2, -0.15) is 0 Å². The second-order valence-corrected chi connectivity index (χ2v) is 16.0. The Morgan fingerprint density at radius 3 is 2.50 bits per heavy atom. The number of unbranched alkanes of at least 4 members (excludes halogenated alkanes) is 3. The molecule has 14 nitrogen and oxygen atoms in total. The Bertz CT molecular complexity index is 2660. The number of H-pyrrole nitrogens is 1. The van der Waals surface area contributed by atoms with Crippen molar-refractivity contribution in [3.05, 3.63) is 124 Å². The number of pyridine rings is 2. The molecule has 0 saturated heterocycles. The lowest BCUT2D eigenvalue weighted by Gasteiger charge is -2.18. The average molecular weight is 807 g/mol. The summed E-state index contributed by atoms with van der Waals surface area (Å²) in [6, 6.07) is 22.0. The molecule has 6 rings (SSSR count). The van der Waals surface area contributed by atoms with Crippen LogP contribution in [-0.2, 0) is 9.84 Å². The molecule has 0 spiro atoms. The summed E-state index contributed by atoms with van der Waals surface area (Å²) in [5, 5.41) is 28.3. The maximum absolute atomic E-state index is 14.1. The first kappa shape index (κ1) is 41.3. The summed E-state index contributed by atoms with van der Waals surface area (Å²) in [5.74, 6) is -0.542. The number of primary amides is 1. The van der Waals surface area contributed by atoms with Gasteiger partial charge in [0.15, 0.2) is 0 Å². The lowest BCUT2D eigenvalue weighted by atomic mass is 10.0. The summed E-state index contributed by atoms with van der Waals surface area (Å²) in [6.07, 6.45) is 3.86. The lowest BCUT2D eigenvalue weighted by Crippen LogP contribution is -2.28. The van der Waals surface area contributed by atoms with Crippen molar-refractivity contribution in [2.75, 3.05) is 39.1 Å². The summed E-state index contributed by atoms with van der Waals surface area (Å²) in [6.45, 7) is 3.16. The average Bonchev–Trinajstić information content (AvgIpc) is 3.21. The lowest BCUT2D eigenvalue weighted by molar-refractivity contribution is 0.0792. The number of carbonyl (C=O) groups is 2. The maximum Gasteiger partial charge on any atom is 0.253 e. The van der Waals surface area contributed by atoms with E-state index in [0.29, 0.717) is 64.2 Å². The highest BCUT2D eigenvalue weighted by atomic mass is 32.2. The number of hydrogen-bond acceptors (Lipinski definition) is 11. The number of nitrogens with zero attached hydrogens (tertiary/aromatic N) is 2. The number of benzene rings is 4. The smallest absolute Gasteiger partial charge is 0.253 e. The Balaban J connectivity index is 1.06. The number of aromatic amines is 1. The number of hydrogen-bond donors (Lipinski definition) is 6. The Labute approximate surface area is 335 Å². The molecule has 302 valence electrons. The minimum Gasteiger partial charge on any atom is -0.506 e. The number of methoxy groups -OCH3 is 1. The van der Waals surface area contributed by atoms with Gasteiger partial charge in [-0.05, 0) is 92.0 Å². The van der Waals surface area contributed by atoms with Crippen molar-refractivity contribution in [2.45, 2.75) is 48.5 Å². The van der Waals surface area contributed by atoms with Crippen molar-refractivity contribution in [1.82, 2.24) is 20.2 Å². The number of phenolic OH excluding ortho intramolecular Hbond substituents is 1. The molecule has 0 fully saturated rings. The van der Waals surface area contributed by atoms with Crippen LogP contribution in [0.5, 0.6) is 11.5 Å². The van der Waals surface area contributed by atoms with Crippen molar-refractivity contribution < 1.29 is 33.0 Å². The molecule has 58 heavy (non-hydrogen) atoms. The zero-order valence-corrected chi connectivity index (χ0v) is 33.2. The second kappa shape index (κ2) is 17.9. The molecule has 2 heterocycles. The van der Waals surface area contributed by atoms with Crippen LogP contribution in [0.1, 0.15) is 63.6 Å². The molecule has 0 unspecified atom stereocenters. The molecular weight excluding hydrogens is 761 g/mol. The van der Waals surface area contributed by atoms with E-state index in [1.807, 2.05) is 0 Å². The molecule has 15 heteroatoms. The van der Waals surface area contributed by atoms with Gasteiger partial charge in [0.25, 0.3) is 11.8 Å². The Hall–Kier alpha value is -6.29. The minimum atomic E-state index is -4.14. The summed E-state index contributed by atoms with van der Waals surface area (Å²) in [7, 11) is -0.925. The van der Waals surface area contributed by atoms with Gasteiger partial charge < -0.3 is 41.2 Å². The van der Waals surface area contributed by atoms with Gasteiger partial charge in [-0.1, -0.05) is 31.0 Å². The predicted molar refractivity (Wildman–Crippen MR) is 223 cm³/mol. The van der Waals surface area contributed by atoms with E-state index in [-0.39, 0.29) is 43.7 Å². The highest BCUT2D eigenvalue weighted by molar-refractivity contribution is 7.91. The number of fused-ring (bicyclic) bond motifs is 2. The third kappa shape index (κ3) is 9.12. The van der Waals surface area contributed by atoms with Crippen LogP contribution in [0.2, 0.25) is 0 Å². The van der Waals surface area contributed by atoms with E-state index >= 15 is 0 Å². The van der Waals surface area contributed by atoms with E-state index in [4.69, 9.17) is 10.5 Å². The van der Waals surface area contributed by atoms with E-state index in [1.54, 1.807) is 67.4 Å². The number of anilines is 2. The van der Waals surface area contributed by atoms with Crippen molar-refractivity contribution in [2.24, 2.45) is 5.73 Å². The Morgan fingerprint density at radius 2 is 1.72 bits per heavy atom. The molecule has 4 aromatic carbocycles. The van der Waals surface area contributed by atoms with E-state index in [0.717, 1.165) is 25.7 Å². The van der Waals surface area contributed by atoms with Crippen LogP contribution in [-0.4, -0.2) is 79.1 Å². The number of amides is 2. The van der Waals surface area contributed by atoms with Crippen LogP contribution in [0, 0.1) is 6.92 Å². The van der Waals surface area contributed by atoms with Gasteiger partial charge in [-0.15, -0.1) is 0 Å². The summed E-state index contributed by atoms with van der Waals surface area (Å²) >= 11 is 0. The quantitative estimate of drug-likeness (QED) is 0.0612. The van der Waals surface area contributed by atoms with Gasteiger partial charge >= 0.3 is 0 Å². The van der Waals surface area contributed by atoms with E-state index in [1.165, 1.54) is 49.7 Å². The molecule has 0 aliphatic heterocycles. The summed E-state index contributed by atoms with van der Waals surface area (Å²) < 4.78 is 33.6. The molecular formula is C43H46N6O8S. The molecule has 0 aliphatic rings. The summed E-state index contributed by atoms with van der Waals surface area (Å²) in [5.41, 5.74) is 8.50. The number of rotatable bonds is 17. The fourth-order valence-corrected chi connectivity index (χ4v) is 8.29. The number of phenols is 1. The molecule has 0 bridgehead atoms.